The Kier molecular flexibility index (Phi) is 3.78. The quantitative estimate of drug-likeness (QED) is 0.764. The second-order valence-corrected chi connectivity index (χ2v) is 4.43. The first-order valence-electron chi connectivity index (χ1n) is 5.93. The lowest BCUT2D eigenvalue weighted by Crippen LogP contribution is -2.05. The third kappa shape index (κ3) is 2.77. The number of hydrogen-bond acceptors (Lipinski definition) is 2. The Balaban J connectivity index is 2.35. The van der Waals surface area contributed by atoms with Crippen molar-refractivity contribution in [1.82, 2.24) is 0 Å². The van der Waals surface area contributed by atoms with Crippen LogP contribution in [0.15, 0.2) is 48.5 Å². The van der Waals surface area contributed by atoms with Gasteiger partial charge < -0.3 is 4.74 Å². The van der Waals surface area contributed by atoms with Gasteiger partial charge in [-0.05, 0) is 25.0 Å². The normalized spacial score (nSPS) is 10.4. The van der Waals surface area contributed by atoms with Crippen molar-refractivity contribution >= 4 is 6.47 Å². The van der Waals surface area contributed by atoms with Crippen molar-refractivity contribution in [2.45, 2.75) is 20.0 Å². The molecule has 0 aliphatic carbocycles. The van der Waals surface area contributed by atoms with Crippen LogP contribution in [0, 0.1) is 13.8 Å². The summed E-state index contributed by atoms with van der Waals surface area (Å²) in [6, 6.07) is 16.0. The van der Waals surface area contributed by atoms with E-state index in [0.29, 0.717) is 6.47 Å². The Morgan fingerprint density at radius 2 is 1.22 bits per heavy atom. The molecule has 18 heavy (non-hydrogen) atoms. The monoisotopic (exact) mass is 240 g/mol. The van der Waals surface area contributed by atoms with E-state index in [1.807, 2.05) is 62.4 Å². The Morgan fingerprint density at radius 3 is 1.56 bits per heavy atom. The third-order valence-electron chi connectivity index (χ3n) is 2.95. The van der Waals surface area contributed by atoms with Crippen LogP contribution < -0.4 is 0 Å². The lowest BCUT2D eigenvalue weighted by Gasteiger charge is -2.16. The topological polar surface area (TPSA) is 26.3 Å². The molecule has 0 unspecified atom stereocenters. The highest BCUT2D eigenvalue weighted by Gasteiger charge is 2.14. The lowest BCUT2D eigenvalue weighted by atomic mass is 9.99. The zero-order valence-electron chi connectivity index (χ0n) is 10.6. The van der Waals surface area contributed by atoms with E-state index in [9.17, 15) is 4.79 Å². The SMILES string of the molecule is Cc1ccc(C(OC=O)c2ccc(C)cc2)cc1. The first kappa shape index (κ1) is 12.4. The first-order valence-corrected chi connectivity index (χ1v) is 5.93. The summed E-state index contributed by atoms with van der Waals surface area (Å²) in [7, 11) is 0. The van der Waals surface area contributed by atoms with E-state index >= 15 is 0 Å². The minimum atomic E-state index is -0.330. The maximum absolute atomic E-state index is 10.7. The molecule has 0 aromatic heterocycles. The highest BCUT2D eigenvalue weighted by Crippen LogP contribution is 2.25. The maximum atomic E-state index is 10.7. The van der Waals surface area contributed by atoms with Crippen LogP contribution in [0.2, 0.25) is 0 Å². The van der Waals surface area contributed by atoms with E-state index in [4.69, 9.17) is 4.74 Å². The van der Waals surface area contributed by atoms with Gasteiger partial charge in [0, 0.05) is 0 Å². The summed E-state index contributed by atoms with van der Waals surface area (Å²) in [4.78, 5) is 10.7. The second-order valence-electron chi connectivity index (χ2n) is 4.43. The minimum absolute atomic E-state index is 0.330. The summed E-state index contributed by atoms with van der Waals surface area (Å²) in [5, 5.41) is 0. The average molecular weight is 240 g/mol. The molecule has 0 aliphatic rings. The number of aryl methyl sites for hydroxylation is 2. The largest absolute Gasteiger partial charge is 0.455 e. The van der Waals surface area contributed by atoms with Crippen molar-refractivity contribution in [2.75, 3.05) is 0 Å². The van der Waals surface area contributed by atoms with Gasteiger partial charge in [0.15, 0.2) is 6.10 Å². The number of carbonyl (C=O) groups is 1. The van der Waals surface area contributed by atoms with Crippen LogP contribution in [0.5, 0.6) is 0 Å². The van der Waals surface area contributed by atoms with Crippen molar-refractivity contribution in [3.05, 3.63) is 70.8 Å². The van der Waals surface area contributed by atoms with Gasteiger partial charge in [-0.3, -0.25) is 4.79 Å². The number of ether oxygens (including phenoxy) is 1. The molecule has 2 aromatic rings. The number of hydrogen-bond donors (Lipinski definition) is 0. The molecule has 0 atom stereocenters. The van der Waals surface area contributed by atoms with E-state index in [0.717, 1.165) is 11.1 Å². The average Bonchev–Trinajstić information content (AvgIpc) is 2.39. The van der Waals surface area contributed by atoms with Crippen LogP contribution in [0.3, 0.4) is 0 Å². The van der Waals surface area contributed by atoms with Crippen LogP contribution >= 0.6 is 0 Å². The molecule has 0 aliphatic heterocycles. The second kappa shape index (κ2) is 5.50. The summed E-state index contributed by atoms with van der Waals surface area (Å²) in [6.45, 7) is 4.57. The van der Waals surface area contributed by atoms with Gasteiger partial charge in [-0.25, -0.2) is 0 Å². The molecule has 2 heteroatoms. The fourth-order valence-electron chi connectivity index (χ4n) is 1.89. The van der Waals surface area contributed by atoms with Crippen molar-refractivity contribution in [3.8, 4) is 0 Å². The molecular formula is C16H16O2. The predicted octanol–water partition coefficient (Wildman–Crippen LogP) is 3.57. The van der Waals surface area contributed by atoms with Crippen LogP contribution in [-0.2, 0) is 9.53 Å². The Hall–Kier alpha value is -2.09. The van der Waals surface area contributed by atoms with Gasteiger partial charge >= 0.3 is 0 Å². The number of carbonyl (C=O) groups excluding carboxylic acids is 1. The molecule has 0 heterocycles. The number of rotatable bonds is 4. The van der Waals surface area contributed by atoms with Crippen molar-refractivity contribution in [1.29, 1.82) is 0 Å². The van der Waals surface area contributed by atoms with Gasteiger partial charge in [-0.1, -0.05) is 59.7 Å². The highest BCUT2D eigenvalue weighted by atomic mass is 16.5. The molecule has 0 spiro atoms. The van der Waals surface area contributed by atoms with Crippen molar-refractivity contribution < 1.29 is 9.53 Å². The van der Waals surface area contributed by atoms with Gasteiger partial charge in [-0.15, -0.1) is 0 Å². The van der Waals surface area contributed by atoms with Gasteiger partial charge in [-0.2, -0.15) is 0 Å². The summed E-state index contributed by atoms with van der Waals surface area (Å²) < 4.78 is 5.21. The molecule has 0 radical (unpaired) electrons. The summed E-state index contributed by atoms with van der Waals surface area (Å²) in [5.41, 5.74) is 4.34. The fraction of sp³-hybridized carbons (Fsp3) is 0.188. The standard InChI is InChI=1S/C16H16O2/c1-12-3-7-14(8-4-12)16(18-11-17)15-9-5-13(2)6-10-15/h3-11,16H,1-2H3. The minimum Gasteiger partial charge on any atom is -0.455 e. The molecule has 92 valence electrons. The predicted molar refractivity (Wildman–Crippen MR) is 71.4 cm³/mol. The van der Waals surface area contributed by atoms with Crippen molar-refractivity contribution in [2.24, 2.45) is 0 Å². The third-order valence-corrected chi connectivity index (χ3v) is 2.95. The molecule has 0 fully saturated rings. The first-order chi connectivity index (χ1) is 8.70. The molecule has 0 N–H and O–H groups in total. The zero-order chi connectivity index (χ0) is 13.0. The smallest absolute Gasteiger partial charge is 0.294 e. The molecule has 2 nitrogen and oxygen atoms in total. The van der Waals surface area contributed by atoms with E-state index in [-0.39, 0.29) is 6.10 Å². The van der Waals surface area contributed by atoms with Gasteiger partial charge in [0.2, 0.25) is 0 Å². The molecule has 0 bridgehead atoms. The summed E-state index contributed by atoms with van der Waals surface area (Å²) in [5.74, 6) is 0. The fourth-order valence-corrected chi connectivity index (χ4v) is 1.89. The van der Waals surface area contributed by atoms with E-state index in [2.05, 4.69) is 0 Å². The van der Waals surface area contributed by atoms with Crippen LogP contribution in [0.4, 0.5) is 0 Å². The molecule has 0 saturated heterocycles. The molecule has 2 rings (SSSR count). The Labute approximate surface area is 107 Å². The zero-order valence-corrected chi connectivity index (χ0v) is 10.6. The highest BCUT2D eigenvalue weighted by molar-refractivity contribution is 5.42. The lowest BCUT2D eigenvalue weighted by molar-refractivity contribution is -0.132. The Morgan fingerprint density at radius 1 is 0.833 bits per heavy atom. The summed E-state index contributed by atoms with van der Waals surface area (Å²) >= 11 is 0. The van der Waals surface area contributed by atoms with Gasteiger partial charge in [0.1, 0.15) is 0 Å². The van der Waals surface area contributed by atoms with Crippen LogP contribution in [0.25, 0.3) is 0 Å². The summed E-state index contributed by atoms with van der Waals surface area (Å²) in [6.07, 6.45) is -0.330. The van der Waals surface area contributed by atoms with Crippen LogP contribution in [0.1, 0.15) is 28.4 Å². The molecule has 2 aromatic carbocycles. The molecule has 0 saturated carbocycles. The van der Waals surface area contributed by atoms with Gasteiger partial charge in [0.05, 0.1) is 0 Å². The van der Waals surface area contributed by atoms with E-state index in [1.54, 1.807) is 0 Å². The molecular weight excluding hydrogens is 224 g/mol. The van der Waals surface area contributed by atoms with Gasteiger partial charge in [0.25, 0.3) is 6.47 Å². The Bertz CT molecular complexity index is 466. The van der Waals surface area contributed by atoms with Crippen molar-refractivity contribution in [3.63, 3.8) is 0 Å². The van der Waals surface area contributed by atoms with Crippen LogP contribution in [-0.4, -0.2) is 6.47 Å². The number of benzene rings is 2. The maximum Gasteiger partial charge on any atom is 0.294 e. The van der Waals surface area contributed by atoms with E-state index in [1.165, 1.54) is 11.1 Å². The van der Waals surface area contributed by atoms with E-state index < -0.39 is 0 Å². The molecule has 0 amide bonds.